The van der Waals surface area contributed by atoms with Crippen molar-refractivity contribution < 1.29 is 4.42 Å². The van der Waals surface area contributed by atoms with E-state index >= 15 is 0 Å². The molecule has 2 aromatic carbocycles. The Morgan fingerprint density at radius 3 is 2.33 bits per heavy atom. The zero-order chi connectivity index (χ0) is 15.1. The highest BCUT2D eigenvalue weighted by Crippen LogP contribution is 2.33. The van der Waals surface area contributed by atoms with Crippen LogP contribution in [0, 0.1) is 20.8 Å². The second kappa shape index (κ2) is 5.21. The largest absolute Gasteiger partial charge is 0.459 e. The van der Waals surface area contributed by atoms with Gasteiger partial charge < -0.3 is 10.2 Å². The van der Waals surface area contributed by atoms with Crippen molar-refractivity contribution in [1.82, 2.24) is 0 Å². The minimum Gasteiger partial charge on any atom is -0.459 e. The molecule has 3 aromatic rings. The van der Waals surface area contributed by atoms with Crippen LogP contribution >= 0.6 is 11.6 Å². The summed E-state index contributed by atoms with van der Waals surface area (Å²) in [6, 6.07) is 11.7. The molecule has 0 amide bonds. The summed E-state index contributed by atoms with van der Waals surface area (Å²) in [6.45, 7) is 6.18. The molecule has 1 aromatic heterocycles. The Labute approximate surface area is 129 Å². The van der Waals surface area contributed by atoms with E-state index in [0.29, 0.717) is 5.02 Å². The number of benzene rings is 2. The van der Waals surface area contributed by atoms with Gasteiger partial charge in [0, 0.05) is 16.0 Å². The molecule has 0 bridgehead atoms. The van der Waals surface area contributed by atoms with E-state index in [-0.39, 0.29) is 6.04 Å². The molecule has 1 unspecified atom stereocenters. The number of furan rings is 1. The zero-order valence-corrected chi connectivity index (χ0v) is 13.2. The number of nitrogens with two attached hydrogens (primary N) is 1. The molecular weight excluding hydrogens is 282 g/mol. The first-order chi connectivity index (χ1) is 9.95. The normalized spacial score (nSPS) is 12.8. The quantitative estimate of drug-likeness (QED) is 0.718. The Kier molecular flexibility index (Phi) is 3.52. The molecular formula is C18H18ClNO. The monoisotopic (exact) mass is 299 g/mol. The van der Waals surface area contributed by atoms with Crippen LogP contribution in [0.2, 0.25) is 5.02 Å². The van der Waals surface area contributed by atoms with Crippen molar-refractivity contribution in [3.63, 3.8) is 0 Å². The fourth-order valence-corrected chi connectivity index (χ4v) is 3.02. The number of halogens is 1. The third-order valence-electron chi connectivity index (χ3n) is 3.82. The maximum absolute atomic E-state index is 6.43. The molecule has 0 aliphatic heterocycles. The van der Waals surface area contributed by atoms with Gasteiger partial charge in [-0.15, -0.1) is 0 Å². The number of fused-ring (bicyclic) bond motifs is 1. The van der Waals surface area contributed by atoms with Crippen molar-refractivity contribution in [2.24, 2.45) is 5.73 Å². The number of hydrogen-bond acceptors (Lipinski definition) is 2. The summed E-state index contributed by atoms with van der Waals surface area (Å²) in [5.41, 5.74) is 11.8. The Morgan fingerprint density at radius 1 is 1.00 bits per heavy atom. The van der Waals surface area contributed by atoms with Crippen LogP contribution in [0.5, 0.6) is 0 Å². The van der Waals surface area contributed by atoms with E-state index in [1.54, 1.807) is 0 Å². The smallest absolute Gasteiger partial charge is 0.134 e. The molecule has 1 heterocycles. The molecule has 0 radical (unpaired) electrons. The summed E-state index contributed by atoms with van der Waals surface area (Å²) < 4.78 is 5.97. The summed E-state index contributed by atoms with van der Waals surface area (Å²) >= 11 is 6.07. The van der Waals surface area contributed by atoms with Crippen LogP contribution < -0.4 is 5.73 Å². The van der Waals surface area contributed by atoms with E-state index in [1.165, 1.54) is 11.1 Å². The Bertz CT molecular complexity index is 799. The first-order valence-corrected chi connectivity index (χ1v) is 7.36. The third kappa shape index (κ3) is 2.57. The SMILES string of the molecule is Cc1cc(C)cc(C(N)c2oc3ccc(Cl)cc3c2C)c1. The minimum absolute atomic E-state index is 0.269. The van der Waals surface area contributed by atoms with Gasteiger partial charge in [-0.2, -0.15) is 0 Å². The average molecular weight is 300 g/mol. The molecule has 3 heteroatoms. The topological polar surface area (TPSA) is 39.2 Å². The standard InChI is InChI=1S/C18H18ClNO/c1-10-6-11(2)8-13(7-10)17(20)18-12(3)15-9-14(19)4-5-16(15)21-18/h4-9,17H,20H2,1-3H3. The van der Waals surface area contributed by atoms with Crippen LogP contribution in [0.1, 0.15) is 34.1 Å². The summed E-state index contributed by atoms with van der Waals surface area (Å²) in [7, 11) is 0. The van der Waals surface area contributed by atoms with Crippen molar-refractivity contribution in [3.05, 3.63) is 69.4 Å². The Hall–Kier alpha value is -1.77. The van der Waals surface area contributed by atoms with Gasteiger partial charge in [-0.1, -0.05) is 40.9 Å². The van der Waals surface area contributed by atoms with Crippen LogP contribution in [-0.4, -0.2) is 0 Å². The van der Waals surface area contributed by atoms with Crippen LogP contribution in [0.3, 0.4) is 0 Å². The van der Waals surface area contributed by atoms with Gasteiger partial charge in [0.15, 0.2) is 0 Å². The van der Waals surface area contributed by atoms with Gasteiger partial charge in [0.2, 0.25) is 0 Å². The fourth-order valence-electron chi connectivity index (χ4n) is 2.85. The van der Waals surface area contributed by atoms with E-state index in [9.17, 15) is 0 Å². The summed E-state index contributed by atoms with van der Waals surface area (Å²) in [5.74, 6) is 0.803. The molecule has 0 saturated heterocycles. The second-order valence-electron chi connectivity index (χ2n) is 5.63. The minimum atomic E-state index is -0.269. The molecule has 0 saturated carbocycles. The Morgan fingerprint density at radius 2 is 1.67 bits per heavy atom. The molecule has 2 N–H and O–H groups in total. The maximum Gasteiger partial charge on any atom is 0.134 e. The molecule has 0 spiro atoms. The molecule has 21 heavy (non-hydrogen) atoms. The Balaban J connectivity index is 2.13. The summed E-state index contributed by atoms with van der Waals surface area (Å²) in [6.07, 6.45) is 0. The van der Waals surface area contributed by atoms with Gasteiger partial charge in [-0.25, -0.2) is 0 Å². The van der Waals surface area contributed by atoms with Gasteiger partial charge >= 0.3 is 0 Å². The number of rotatable bonds is 2. The maximum atomic E-state index is 6.43. The average Bonchev–Trinajstić information content (AvgIpc) is 2.74. The highest BCUT2D eigenvalue weighted by Gasteiger charge is 2.19. The first-order valence-electron chi connectivity index (χ1n) is 6.98. The predicted octanol–water partition coefficient (Wildman–Crippen LogP) is 5.06. The van der Waals surface area contributed by atoms with Crippen molar-refractivity contribution in [3.8, 4) is 0 Å². The molecule has 108 valence electrons. The van der Waals surface area contributed by atoms with Gasteiger partial charge in [0.25, 0.3) is 0 Å². The van der Waals surface area contributed by atoms with E-state index in [0.717, 1.165) is 27.9 Å². The van der Waals surface area contributed by atoms with Crippen LogP contribution in [0.4, 0.5) is 0 Å². The molecule has 0 aliphatic carbocycles. The van der Waals surface area contributed by atoms with Gasteiger partial charge in [-0.3, -0.25) is 0 Å². The lowest BCUT2D eigenvalue weighted by Crippen LogP contribution is -2.12. The lowest BCUT2D eigenvalue weighted by atomic mass is 9.98. The zero-order valence-electron chi connectivity index (χ0n) is 12.4. The summed E-state index contributed by atoms with van der Waals surface area (Å²) in [4.78, 5) is 0. The lowest BCUT2D eigenvalue weighted by Gasteiger charge is -2.12. The van der Waals surface area contributed by atoms with Crippen molar-refractivity contribution >= 4 is 22.6 Å². The second-order valence-corrected chi connectivity index (χ2v) is 6.07. The van der Waals surface area contributed by atoms with Crippen molar-refractivity contribution in [2.45, 2.75) is 26.8 Å². The van der Waals surface area contributed by atoms with E-state index < -0.39 is 0 Å². The molecule has 3 rings (SSSR count). The van der Waals surface area contributed by atoms with E-state index in [2.05, 4.69) is 32.0 Å². The third-order valence-corrected chi connectivity index (χ3v) is 4.06. The molecule has 0 aliphatic rings. The molecule has 2 nitrogen and oxygen atoms in total. The fraction of sp³-hybridized carbons (Fsp3) is 0.222. The van der Waals surface area contributed by atoms with Gasteiger partial charge in [0.1, 0.15) is 11.3 Å². The van der Waals surface area contributed by atoms with Gasteiger partial charge in [-0.05, 0) is 44.5 Å². The number of hydrogen-bond donors (Lipinski definition) is 1. The van der Waals surface area contributed by atoms with E-state index in [1.807, 2.05) is 25.1 Å². The number of aryl methyl sites for hydroxylation is 3. The van der Waals surface area contributed by atoms with E-state index in [4.69, 9.17) is 21.8 Å². The van der Waals surface area contributed by atoms with Crippen LogP contribution in [-0.2, 0) is 0 Å². The first kappa shape index (κ1) is 14.2. The van der Waals surface area contributed by atoms with Crippen molar-refractivity contribution in [2.75, 3.05) is 0 Å². The van der Waals surface area contributed by atoms with Gasteiger partial charge in [0.05, 0.1) is 6.04 Å². The lowest BCUT2D eigenvalue weighted by molar-refractivity contribution is 0.521. The summed E-state index contributed by atoms with van der Waals surface area (Å²) in [5, 5.41) is 1.73. The highest BCUT2D eigenvalue weighted by atomic mass is 35.5. The van der Waals surface area contributed by atoms with Crippen LogP contribution in [0.25, 0.3) is 11.0 Å². The predicted molar refractivity (Wildman–Crippen MR) is 87.9 cm³/mol. The van der Waals surface area contributed by atoms with Crippen LogP contribution in [0.15, 0.2) is 40.8 Å². The molecule has 0 fully saturated rings. The molecule has 1 atom stereocenters. The highest BCUT2D eigenvalue weighted by molar-refractivity contribution is 6.31. The van der Waals surface area contributed by atoms with Crippen molar-refractivity contribution in [1.29, 1.82) is 0 Å².